The molecule has 78 valence electrons. The van der Waals surface area contributed by atoms with Gasteiger partial charge in [-0.15, -0.1) is 0 Å². The van der Waals surface area contributed by atoms with Crippen LogP contribution in [-0.2, 0) is 0 Å². The Labute approximate surface area is 82.7 Å². The van der Waals surface area contributed by atoms with Gasteiger partial charge in [-0.2, -0.15) is 0 Å². The van der Waals surface area contributed by atoms with Crippen LogP contribution in [0.15, 0.2) is 0 Å². The Morgan fingerprint density at radius 1 is 1.38 bits per heavy atom. The van der Waals surface area contributed by atoms with Crippen LogP contribution in [0, 0.1) is 0 Å². The number of piperidine rings is 1. The predicted molar refractivity (Wildman–Crippen MR) is 58.0 cm³/mol. The summed E-state index contributed by atoms with van der Waals surface area (Å²) in [6.07, 6.45) is 4.21. The van der Waals surface area contributed by atoms with Crippen LogP contribution in [0.2, 0.25) is 0 Å². The van der Waals surface area contributed by atoms with Crippen molar-refractivity contribution < 1.29 is 0 Å². The lowest BCUT2D eigenvalue weighted by Crippen LogP contribution is -2.42. The maximum absolute atomic E-state index is 3.47. The lowest BCUT2D eigenvalue weighted by Gasteiger charge is -2.33. The van der Waals surface area contributed by atoms with Crippen molar-refractivity contribution in [3.8, 4) is 0 Å². The van der Waals surface area contributed by atoms with Crippen molar-refractivity contribution in [1.29, 1.82) is 0 Å². The molecule has 1 fully saturated rings. The van der Waals surface area contributed by atoms with E-state index < -0.39 is 0 Å². The highest BCUT2D eigenvalue weighted by molar-refractivity contribution is 4.73. The molecule has 1 aliphatic rings. The van der Waals surface area contributed by atoms with E-state index in [1.54, 1.807) is 0 Å². The Kier molecular flexibility index (Phi) is 4.74. The summed E-state index contributed by atoms with van der Waals surface area (Å²) in [6.45, 7) is 10.4. The Balaban J connectivity index is 2.11. The van der Waals surface area contributed by atoms with E-state index in [0.29, 0.717) is 6.04 Å². The molecule has 2 nitrogen and oxygen atoms in total. The minimum absolute atomic E-state index is 0.625. The van der Waals surface area contributed by atoms with Gasteiger partial charge in [0.1, 0.15) is 0 Å². The maximum Gasteiger partial charge on any atom is 0.0110 e. The number of likely N-dealkylation sites (tertiary alicyclic amines) is 1. The van der Waals surface area contributed by atoms with Crippen LogP contribution < -0.4 is 5.32 Å². The predicted octanol–water partition coefficient (Wildman–Crippen LogP) is 1.86. The first-order chi connectivity index (χ1) is 6.20. The molecular weight excluding hydrogens is 160 g/mol. The van der Waals surface area contributed by atoms with Crippen molar-refractivity contribution in [2.75, 3.05) is 19.6 Å². The van der Waals surface area contributed by atoms with E-state index >= 15 is 0 Å². The molecule has 1 saturated heterocycles. The Morgan fingerprint density at radius 2 is 2.15 bits per heavy atom. The molecule has 1 atom stereocenters. The summed E-state index contributed by atoms with van der Waals surface area (Å²) in [5.74, 6) is 0. The van der Waals surface area contributed by atoms with Crippen molar-refractivity contribution in [1.82, 2.24) is 10.2 Å². The summed E-state index contributed by atoms with van der Waals surface area (Å²) in [5.41, 5.74) is 0. The summed E-state index contributed by atoms with van der Waals surface area (Å²) in [5, 5.41) is 3.47. The number of hydrogen-bond donors (Lipinski definition) is 1. The minimum atomic E-state index is 0.625. The number of hydrogen-bond acceptors (Lipinski definition) is 2. The molecule has 2 heteroatoms. The van der Waals surface area contributed by atoms with Gasteiger partial charge in [0.15, 0.2) is 0 Å². The van der Waals surface area contributed by atoms with Gasteiger partial charge in [-0.1, -0.05) is 20.3 Å². The lowest BCUT2D eigenvalue weighted by molar-refractivity contribution is 0.160. The zero-order valence-electron chi connectivity index (χ0n) is 9.34. The standard InChI is InChI=1S/C11H24N2/c1-10(2)12-7-9-13-8-5-4-6-11(13)3/h10-12H,4-9H2,1-3H3. The largest absolute Gasteiger partial charge is 0.313 e. The van der Waals surface area contributed by atoms with Gasteiger partial charge in [0.2, 0.25) is 0 Å². The Morgan fingerprint density at radius 3 is 2.77 bits per heavy atom. The molecule has 0 aromatic heterocycles. The Bertz CT molecular complexity index is 134. The van der Waals surface area contributed by atoms with Crippen molar-refractivity contribution in [2.24, 2.45) is 0 Å². The van der Waals surface area contributed by atoms with Crippen molar-refractivity contribution in [3.63, 3.8) is 0 Å². The summed E-state index contributed by atoms with van der Waals surface area (Å²) >= 11 is 0. The van der Waals surface area contributed by atoms with E-state index in [4.69, 9.17) is 0 Å². The van der Waals surface area contributed by atoms with E-state index in [1.807, 2.05) is 0 Å². The van der Waals surface area contributed by atoms with Gasteiger partial charge < -0.3 is 5.32 Å². The third-order valence-electron chi connectivity index (χ3n) is 2.89. The van der Waals surface area contributed by atoms with Crippen LogP contribution in [0.5, 0.6) is 0 Å². The number of nitrogens with one attached hydrogen (secondary N) is 1. The Hall–Kier alpha value is -0.0800. The van der Waals surface area contributed by atoms with E-state index in [0.717, 1.165) is 12.6 Å². The van der Waals surface area contributed by atoms with Crippen LogP contribution in [0.25, 0.3) is 0 Å². The minimum Gasteiger partial charge on any atom is -0.313 e. The molecule has 1 rings (SSSR count). The molecule has 0 spiro atoms. The topological polar surface area (TPSA) is 15.3 Å². The molecule has 0 aliphatic carbocycles. The molecule has 0 radical (unpaired) electrons. The first-order valence-corrected chi connectivity index (χ1v) is 5.67. The average molecular weight is 184 g/mol. The van der Waals surface area contributed by atoms with Gasteiger partial charge in [-0.25, -0.2) is 0 Å². The number of rotatable bonds is 4. The highest BCUT2D eigenvalue weighted by Gasteiger charge is 2.16. The molecule has 0 bridgehead atoms. The third-order valence-corrected chi connectivity index (χ3v) is 2.89. The van der Waals surface area contributed by atoms with Crippen LogP contribution in [0.4, 0.5) is 0 Å². The van der Waals surface area contributed by atoms with Crippen LogP contribution in [-0.4, -0.2) is 36.6 Å². The van der Waals surface area contributed by atoms with E-state index in [-0.39, 0.29) is 0 Å². The SMILES string of the molecule is CC(C)NCCN1CCCCC1C. The number of nitrogens with zero attached hydrogens (tertiary/aromatic N) is 1. The monoisotopic (exact) mass is 184 g/mol. The summed E-state index contributed by atoms with van der Waals surface area (Å²) in [6, 6.07) is 1.43. The molecule has 1 aliphatic heterocycles. The van der Waals surface area contributed by atoms with Crippen molar-refractivity contribution in [2.45, 2.75) is 52.1 Å². The van der Waals surface area contributed by atoms with Crippen molar-refractivity contribution in [3.05, 3.63) is 0 Å². The zero-order valence-corrected chi connectivity index (χ0v) is 9.34. The molecular formula is C11H24N2. The molecule has 0 aromatic carbocycles. The van der Waals surface area contributed by atoms with E-state index in [1.165, 1.54) is 32.4 Å². The second kappa shape index (κ2) is 5.61. The first-order valence-electron chi connectivity index (χ1n) is 5.67. The second-order valence-electron chi connectivity index (χ2n) is 4.49. The van der Waals surface area contributed by atoms with Gasteiger partial charge in [0, 0.05) is 25.2 Å². The summed E-state index contributed by atoms with van der Waals surface area (Å²) in [7, 11) is 0. The normalized spacial score (nSPS) is 25.4. The highest BCUT2D eigenvalue weighted by Crippen LogP contribution is 2.15. The van der Waals surface area contributed by atoms with Crippen molar-refractivity contribution >= 4 is 0 Å². The molecule has 13 heavy (non-hydrogen) atoms. The second-order valence-corrected chi connectivity index (χ2v) is 4.49. The van der Waals surface area contributed by atoms with Gasteiger partial charge in [-0.3, -0.25) is 4.90 Å². The quantitative estimate of drug-likeness (QED) is 0.717. The molecule has 1 heterocycles. The summed E-state index contributed by atoms with van der Waals surface area (Å²) in [4.78, 5) is 2.61. The fourth-order valence-electron chi connectivity index (χ4n) is 1.99. The highest BCUT2D eigenvalue weighted by atomic mass is 15.2. The van der Waals surface area contributed by atoms with Crippen LogP contribution >= 0.6 is 0 Å². The van der Waals surface area contributed by atoms with Crippen LogP contribution in [0.3, 0.4) is 0 Å². The zero-order chi connectivity index (χ0) is 9.68. The lowest BCUT2D eigenvalue weighted by atomic mass is 10.0. The maximum atomic E-state index is 3.47. The van der Waals surface area contributed by atoms with Gasteiger partial charge >= 0.3 is 0 Å². The molecule has 0 saturated carbocycles. The summed E-state index contributed by atoms with van der Waals surface area (Å²) < 4.78 is 0. The van der Waals surface area contributed by atoms with Gasteiger partial charge in [0.25, 0.3) is 0 Å². The molecule has 0 amide bonds. The molecule has 1 unspecified atom stereocenters. The molecule has 1 N–H and O–H groups in total. The fraction of sp³-hybridized carbons (Fsp3) is 1.00. The first kappa shape index (κ1) is 11.0. The smallest absolute Gasteiger partial charge is 0.0110 e. The van der Waals surface area contributed by atoms with Gasteiger partial charge in [-0.05, 0) is 26.3 Å². The average Bonchev–Trinajstić information content (AvgIpc) is 2.08. The third kappa shape index (κ3) is 4.10. The van der Waals surface area contributed by atoms with E-state index in [2.05, 4.69) is 31.0 Å². The molecule has 0 aromatic rings. The fourth-order valence-corrected chi connectivity index (χ4v) is 1.99. The van der Waals surface area contributed by atoms with Gasteiger partial charge in [0.05, 0.1) is 0 Å². The van der Waals surface area contributed by atoms with E-state index in [9.17, 15) is 0 Å². The van der Waals surface area contributed by atoms with Crippen LogP contribution in [0.1, 0.15) is 40.0 Å².